The molecule has 0 amide bonds. The van der Waals surface area contributed by atoms with Crippen LogP contribution in [0.3, 0.4) is 0 Å². The average Bonchev–Trinajstić information content (AvgIpc) is 2.92. The summed E-state index contributed by atoms with van der Waals surface area (Å²) in [5, 5.41) is 7.21. The second kappa shape index (κ2) is 9.03. The molecule has 0 spiro atoms. The summed E-state index contributed by atoms with van der Waals surface area (Å²) in [7, 11) is 0. The molecule has 1 unspecified atom stereocenters. The molecule has 1 N–H and O–H groups in total. The monoisotopic (exact) mass is 456 g/mol. The van der Waals surface area contributed by atoms with Crippen LogP contribution in [0.1, 0.15) is 29.2 Å². The number of hydrogen-bond acceptors (Lipinski definition) is 4. The van der Waals surface area contributed by atoms with Crippen molar-refractivity contribution < 1.29 is 0 Å². The van der Waals surface area contributed by atoms with Crippen molar-refractivity contribution in [2.24, 2.45) is 5.10 Å². The van der Waals surface area contributed by atoms with Crippen LogP contribution < -0.4 is 10.6 Å². The fourth-order valence-corrected chi connectivity index (χ4v) is 4.79. The number of rotatable bonds is 4. The van der Waals surface area contributed by atoms with E-state index in [0.717, 1.165) is 46.5 Å². The average molecular weight is 457 g/mol. The van der Waals surface area contributed by atoms with Gasteiger partial charge in [0.1, 0.15) is 5.69 Å². The number of fused-ring (bicyclic) bond motifs is 2. The normalized spacial score (nSPS) is 16.2. The number of aromatic nitrogens is 2. The van der Waals surface area contributed by atoms with Gasteiger partial charge in [0, 0.05) is 5.56 Å². The standard InChI is InChI=1S/C30H24N4O/c35-30-29(31-26-17-9-10-18-27(26)32-30)25-20-19-21-11-7-8-16-24(21)28(25)33-34(22-12-3-1-4-13-22)23-14-5-2-6-15-23/h1-18,25H,19-20H2,(H,32,35)/b33-28+. The first kappa shape index (κ1) is 21.1. The fraction of sp³-hybridized carbons (Fsp3) is 0.100. The molecule has 0 fully saturated rings. The first-order valence-electron chi connectivity index (χ1n) is 11.8. The molecule has 1 aliphatic carbocycles. The van der Waals surface area contributed by atoms with Crippen LogP contribution in [-0.4, -0.2) is 15.7 Å². The lowest BCUT2D eigenvalue weighted by atomic mass is 9.80. The van der Waals surface area contributed by atoms with E-state index in [0.29, 0.717) is 5.69 Å². The van der Waals surface area contributed by atoms with E-state index in [1.54, 1.807) is 0 Å². The van der Waals surface area contributed by atoms with Crippen molar-refractivity contribution in [1.82, 2.24) is 9.97 Å². The van der Waals surface area contributed by atoms with Gasteiger partial charge < -0.3 is 4.98 Å². The molecule has 0 radical (unpaired) electrons. The summed E-state index contributed by atoms with van der Waals surface area (Å²) in [6.45, 7) is 0. The molecule has 4 aromatic carbocycles. The maximum atomic E-state index is 13.2. The number of hydrogen-bond donors (Lipinski definition) is 1. The molecule has 0 saturated heterocycles. The summed E-state index contributed by atoms with van der Waals surface area (Å²) in [5.41, 5.74) is 6.93. The highest BCUT2D eigenvalue weighted by atomic mass is 16.1. The van der Waals surface area contributed by atoms with Gasteiger partial charge in [0.2, 0.25) is 0 Å². The van der Waals surface area contributed by atoms with Crippen LogP contribution in [0.4, 0.5) is 11.4 Å². The Hall–Kier alpha value is -4.51. The van der Waals surface area contributed by atoms with Gasteiger partial charge in [0.25, 0.3) is 5.56 Å². The molecule has 35 heavy (non-hydrogen) atoms. The van der Waals surface area contributed by atoms with Crippen LogP contribution in [0.5, 0.6) is 0 Å². The summed E-state index contributed by atoms with van der Waals surface area (Å²) in [6.07, 6.45) is 1.63. The number of nitrogens with one attached hydrogen (secondary N) is 1. The van der Waals surface area contributed by atoms with Crippen LogP contribution in [0.25, 0.3) is 11.0 Å². The Balaban J connectivity index is 1.57. The third kappa shape index (κ3) is 4.02. The van der Waals surface area contributed by atoms with E-state index in [4.69, 9.17) is 10.1 Å². The van der Waals surface area contributed by atoms with Crippen molar-refractivity contribution in [3.8, 4) is 0 Å². The van der Waals surface area contributed by atoms with E-state index in [2.05, 4.69) is 23.2 Å². The minimum absolute atomic E-state index is 0.160. The summed E-state index contributed by atoms with van der Waals surface area (Å²) < 4.78 is 0. The molecular formula is C30H24N4O. The molecule has 170 valence electrons. The SMILES string of the molecule is O=c1[nH]c2ccccc2nc1C1CCc2ccccc2/C1=N\N(c1ccccc1)c1ccccc1. The van der Waals surface area contributed by atoms with Gasteiger partial charge in [0.05, 0.1) is 34.0 Å². The highest BCUT2D eigenvalue weighted by Crippen LogP contribution is 2.34. The minimum atomic E-state index is -0.229. The topological polar surface area (TPSA) is 61.4 Å². The van der Waals surface area contributed by atoms with Crippen LogP contribution in [0.2, 0.25) is 0 Å². The molecule has 1 aliphatic rings. The second-order valence-electron chi connectivity index (χ2n) is 8.68. The number of anilines is 2. The van der Waals surface area contributed by atoms with Crippen molar-refractivity contribution in [1.29, 1.82) is 0 Å². The van der Waals surface area contributed by atoms with Crippen molar-refractivity contribution in [2.45, 2.75) is 18.8 Å². The Morgan fingerprint density at radius 2 is 1.40 bits per heavy atom. The Labute approximate surface area is 203 Å². The van der Waals surface area contributed by atoms with Crippen LogP contribution in [-0.2, 0) is 6.42 Å². The highest BCUT2D eigenvalue weighted by Gasteiger charge is 2.31. The predicted octanol–water partition coefficient (Wildman–Crippen LogP) is 6.20. The van der Waals surface area contributed by atoms with Gasteiger partial charge in [-0.2, -0.15) is 5.10 Å². The van der Waals surface area contributed by atoms with Crippen molar-refractivity contribution in [2.75, 3.05) is 5.01 Å². The molecule has 5 nitrogen and oxygen atoms in total. The third-order valence-electron chi connectivity index (χ3n) is 6.49. The van der Waals surface area contributed by atoms with Gasteiger partial charge in [-0.15, -0.1) is 0 Å². The molecule has 0 aliphatic heterocycles. The van der Waals surface area contributed by atoms with Crippen LogP contribution in [0.15, 0.2) is 119 Å². The number of aryl methyl sites for hydroxylation is 1. The zero-order valence-electron chi connectivity index (χ0n) is 19.1. The van der Waals surface area contributed by atoms with Gasteiger partial charge in [0.15, 0.2) is 0 Å². The Bertz CT molecular complexity index is 1540. The number of nitrogens with zero attached hydrogens (tertiary/aromatic N) is 3. The minimum Gasteiger partial charge on any atom is -0.319 e. The van der Waals surface area contributed by atoms with Gasteiger partial charge in [-0.3, -0.25) is 4.79 Å². The van der Waals surface area contributed by atoms with E-state index < -0.39 is 0 Å². The maximum Gasteiger partial charge on any atom is 0.270 e. The van der Waals surface area contributed by atoms with Gasteiger partial charge in [-0.25, -0.2) is 9.99 Å². The quantitative estimate of drug-likeness (QED) is 0.328. The number of benzene rings is 4. The van der Waals surface area contributed by atoms with Crippen molar-refractivity contribution in [3.05, 3.63) is 136 Å². The lowest BCUT2D eigenvalue weighted by Gasteiger charge is -2.29. The first-order valence-corrected chi connectivity index (χ1v) is 11.8. The summed E-state index contributed by atoms with van der Waals surface area (Å²) in [4.78, 5) is 21.1. The number of aromatic amines is 1. The van der Waals surface area contributed by atoms with Gasteiger partial charge >= 0.3 is 0 Å². The zero-order chi connectivity index (χ0) is 23.6. The predicted molar refractivity (Wildman–Crippen MR) is 141 cm³/mol. The van der Waals surface area contributed by atoms with Gasteiger partial charge in [-0.05, 0) is 54.8 Å². The molecule has 1 heterocycles. The van der Waals surface area contributed by atoms with Gasteiger partial charge in [-0.1, -0.05) is 72.8 Å². The maximum absolute atomic E-state index is 13.2. The van der Waals surface area contributed by atoms with Crippen LogP contribution in [0, 0.1) is 0 Å². The van der Waals surface area contributed by atoms with E-state index >= 15 is 0 Å². The molecule has 5 heteroatoms. The zero-order valence-corrected chi connectivity index (χ0v) is 19.1. The largest absolute Gasteiger partial charge is 0.319 e. The lowest BCUT2D eigenvalue weighted by molar-refractivity contribution is 0.714. The highest BCUT2D eigenvalue weighted by molar-refractivity contribution is 6.07. The molecule has 0 bridgehead atoms. The van der Waals surface area contributed by atoms with Crippen molar-refractivity contribution >= 4 is 28.1 Å². The molecule has 1 atom stereocenters. The van der Waals surface area contributed by atoms with E-state index in [1.165, 1.54) is 5.56 Å². The Kier molecular flexibility index (Phi) is 5.43. The molecule has 6 rings (SSSR count). The lowest BCUT2D eigenvalue weighted by Crippen LogP contribution is -2.30. The van der Waals surface area contributed by atoms with Crippen molar-refractivity contribution in [3.63, 3.8) is 0 Å². The smallest absolute Gasteiger partial charge is 0.270 e. The molecular weight excluding hydrogens is 432 g/mol. The number of para-hydroxylation sites is 4. The third-order valence-corrected chi connectivity index (χ3v) is 6.49. The molecule has 0 saturated carbocycles. The Morgan fingerprint density at radius 1 is 0.771 bits per heavy atom. The van der Waals surface area contributed by atoms with Crippen LogP contribution >= 0.6 is 0 Å². The molecule has 5 aromatic rings. The fourth-order valence-electron chi connectivity index (χ4n) is 4.79. The summed E-state index contributed by atoms with van der Waals surface area (Å²) in [6, 6.07) is 36.2. The summed E-state index contributed by atoms with van der Waals surface area (Å²) >= 11 is 0. The second-order valence-corrected chi connectivity index (χ2v) is 8.68. The Morgan fingerprint density at radius 3 is 2.14 bits per heavy atom. The van der Waals surface area contributed by atoms with E-state index in [9.17, 15) is 4.79 Å². The van der Waals surface area contributed by atoms with E-state index in [-0.39, 0.29) is 11.5 Å². The van der Waals surface area contributed by atoms with E-state index in [1.807, 2.05) is 96.0 Å². The number of H-pyrrole nitrogens is 1. The number of hydrazone groups is 1. The molecule has 1 aromatic heterocycles. The first-order chi connectivity index (χ1) is 17.3. The summed E-state index contributed by atoms with van der Waals surface area (Å²) in [5.74, 6) is -0.229.